The van der Waals surface area contributed by atoms with Gasteiger partial charge in [-0.25, -0.2) is 4.98 Å². The molecule has 0 atom stereocenters. The van der Waals surface area contributed by atoms with Crippen LogP contribution >= 0.6 is 0 Å². The van der Waals surface area contributed by atoms with E-state index in [0.29, 0.717) is 18.8 Å². The van der Waals surface area contributed by atoms with Gasteiger partial charge in [0.1, 0.15) is 5.69 Å². The molecule has 0 saturated heterocycles. The molecule has 0 aliphatic heterocycles. The van der Waals surface area contributed by atoms with Gasteiger partial charge in [0.2, 0.25) is 0 Å². The number of anilines is 1. The average molecular weight is 296 g/mol. The van der Waals surface area contributed by atoms with Crippen molar-refractivity contribution in [3.05, 3.63) is 66.8 Å². The Labute approximate surface area is 130 Å². The molecule has 5 nitrogen and oxygen atoms in total. The average Bonchev–Trinajstić information content (AvgIpc) is 2.58. The largest absolute Gasteiger partial charge is 0.380 e. The second-order valence-corrected chi connectivity index (χ2v) is 4.93. The zero-order chi connectivity index (χ0) is 15.8. The van der Waals surface area contributed by atoms with E-state index in [9.17, 15) is 4.79 Å². The number of likely N-dealkylation sites (N-methyl/N-ethyl adjacent to an activating group) is 1. The van der Waals surface area contributed by atoms with E-state index in [2.05, 4.69) is 21.9 Å². The van der Waals surface area contributed by atoms with Gasteiger partial charge in [-0.15, -0.1) is 6.58 Å². The molecule has 0 unspecified atom stereocenters. The summed E-state index contributed by atoms with van der Waals surface area (Å²) >= 11 is 0. The lowest BCUT2D eigenvalue weighted by Crippen LogP contribution is -2.29. The van der Waals surface area contributed by atoms with Crippen molar-refractivity contribution in [2.24, 2.45) is 0 Å². The highest BCUT2D eigenvalue weighted by molar-refractivity contribution is 5.92. The monoisotopic (exact) mass is 296 g/mol. The van der Waals surface area contributed by atoms with E-state index in [-0.39, 0.29) is 5.91 Å². The minimum atomic E-state index is -0.0793. The maximum Gasteiger partial charge on any atom is 0.272 e. The number of hydrogen-bond acceptors (Lipinski definition) is 4. The predicted molar refractivity (Wildman–Crippen MR) is 87.8 cm³/mol. The SMILES string of the molecule is C=CCNc1ccc(C(=O)N(C)CCc2ccncc2)nc1. The zero-order valence-electron chi connectivity index (χ0n) is 12.7. The Bertz CT molecular complexity index is 610. The lowest BCUT2D eigenvalue weighted by molar-refractivity contribution is 0.0791. The number of hydrogen-bond donors (Lipinski definition) is 1. The summed E-state index contributed by atoms with van der Waals surface area (Å²) in [5.41, 5.74) is 2.48. The summed E-state index contributed by atoms with van der Waals surface area (Å²) in [6.45, 7) is 4.95. The van der Waals surface area contributed by atoms with E-state index in [1.165, 1.54) is 0 Å². The summed E-state index contributed by atoms with van der Waals surface area (Å²) in [5.74, 6) is -0.0793. The van der Waals surface area contributed by atoms with E-state index in [1.54, 1.807) is 42.7 Å². The number of nitrogens with one attached hydrogen (secondary N) is 1. The number of pyridine rings is 2. The van der Waals surface area contributed by atoms with Gasteiger partial charge in [-0.05, 0) is 36.2 Å². The van der Waals surface area contributed by atoms with Gasteiger partial charge in [-0.3, -0.25) is 9.78 Å². The van der Waals surface area contributed by atoms with E-state index in [1.807, 2.05) is 18.2 Å². The maximum atomic E-state index is 12.3. The standard InChI is InChI=1S/C17H20N4O/c1-3-9-19-15-4-5-16(20-13-15)17(22)21(2)12-8-14-6-10-18-11-7-14/h3-7,10-11,13,19H,1,8-9,12H2,2H3. The highest BCUT2D eigenvalue weighted by Crippen LogP contribution is 2.08. The van der Waals surface area contributed by atoms with Crippen molar-refractivity contribution in [2.75, 3.05) is 25.5 Å². The number of carbonyl (C=O) groups excluding carboxylic acids is 1. The van der Waals surface area contributed by atoms with Crippen LogP contribution in [-0.4, -0.2) is 40.9 Å². The Morgan fingerprint density at radius 3 is 2.73 bits per heavy atom. The fourth-order valence-corrected chi connectivity index (χ4v) is 1.96. The van der Waals surface area contributed by atoms with Crippen LogP contribution in [0.4, 0.5) is 5.69 Å². The fourth-order valence-electron chi connectivity index (χ4n) is 1.96. The number of carbonyl (C=O) groups is 1. The Hall–Kier alpha value is -2.69. The van der Waals surface area contributed by atoms with E-state index < -0.39 is 0 Å². The molecule has 0 saturated carbocycles. The van der Waals surface area contributed by atoms with Gasteiger partial charge in [-0.1, -0.05) is 6.08 Å². The second kappa shape index (κ2) is 7.93. The van der Waals surface area contributed by atoms with E-state index >= 15 is 0 Å². The lowest BCUT2D eigenvalue weighted by atomic mass is 10.2. The Morgan fingerprint density at radius 2 is 2.09 bits per heavy atom. The third-order valence-electron chi connectivity index (χ3n) is 3.27. The van der Waals surface area contributed by atoms with E-state index in [4.69, 9.17) is 0 Å². The molecule has 2 aromatic rings. The number of aromatic nitrogens is 2. The first kappa shape index (κ1) is 15.7. The molecule has 2 rings (SSSR count). The van der Waals surface area contributed by atoms with Crippen molar-refractivity contribution in [3.8, 4) is 0 Å². The van der Waals surface area contributed by atoms with Gasteiger partial charge in [-0.2, -0.15) is 0 Å². The van der Waals surface area contributed by atoms with Crippen LogP contribution in [-0.2, 0) is 6.42 Å². The summed E-state index contributed by atoms with van der Waals surface area (Å²) in [5, 5.41) is 3.12. The number of nitrogens with zero attached hydrogens (tertiary/aromatic N) is 3. The fraction of sp³-hybridized carbons (Fsp3) is 0.235. The normalized spacial score (nSPS) is 10.0. The van der Waals surface area contributed by atoms with Gasteiger partial charge < -0.3 is 10.2 Å². The molecule has 0 aliphatic rings. The third kappa shape index (κ3) is 4.41. The van der Waals surface area contributed by atoms with Gasteiger partial charge in [0.05, 0.1) is 11.9 Å². The predicted octanol–water partition coefficient (Wildman–Crippen LogP) is 2.39. The van der Waals surface area contributed by atoms with Crippen LogP contribution in [0, 0.1) is 0 Å². The Kier molecular flexibility index (Phi) is 5.65. The van der Waals surface area contributed by atoms with Crippen molar-refractivity contribution >= 4 is 11.6 Å². The van der Waals surface area contributed by atoms with Crippen LogP contribution in [0.5, 0.6) is 0 Å². The van der Waals surface area contributed by atoms with Crippen LogP contribution in [0.3, 0.4) is 0 Å². The van der Waals surface area contributed by atoms with Gasteiger partial charge >= 0.3 is 0 Å². The van der Waals surface area contributed by atoms with Crippen molar-refractivity contribution in [1.82, 2.24) is 14.9 Å². The van der Waals surface area contributed by atoms with Gasteiger partial charge in [0.15, 0.2) is 0 Å². The smallest absolute Gasteiger partial charge is 0.272 e. The van der Waals surface area contributed by atoms with Crippen LogP contribution in [0.2, 0.25) is 0 Å². The molecule has 0 aromatic carbocycles. The highest BCUT2D eigenvalue weighted by Gasteiger charge is 2.12. The molecule has 2 aromatic heterocycles. The first-order valence-corrected chi connectivity index (χ1v) is 7.16. The highest BCUT2D eigenvalue weighted by atomic mass is 16.2. The third-order valence-corrected chi connectivity index (χ3v) is 3.27. The summed E-state index contributed by atoms with van der Waals surface area (Å²) in [6.07, 6.45) is 7.74. The number of rotatable bonds is 7. The molecular formula is C17H20N4O. The van der Waals surface area contributed by atoms with Crippen LogP contribution in [0.25, 0.3) is 0 Å². The van der Waals surface area contributed by atoms with Gasteiger partial charge in [0.25, 0.3) is 5.91 Å². The van der Waals surface area contributed by atoms with E-state index in [0.717, 1.165) is 17.7 Å². The first-order valence-electron chi connectivity index (χ1n) is 7.16. The van der Waals surface area contributed by atoms with Crippen molar-refractivity contribution in [1.29, 1.82) is 0 Å². The van der Waals surface area contributed by atoms with Gasteiger partial charge in [0, 0.05) is 32.5 Å². The molecule has 1 N–H and O–H groups in total. The number of amides is 1. The quantitative estimate of drug-likeness (QED) is 0.797. The van der Waals surface area contributed by atoms with Crippen molar-refractivity contribution in [2.45, 2.75) is 6.42 Å². The molecule has 0 fully saturated rings. The molecule has 0 spiro atoms. The molecular weight excluding hydrogens is 276 g/mol. The first-order chi connectivity index (χ1) is 10.7. The van der Waals surface area contributed by atoms with Crippen LogP contribution < -0.4 is 5.32 Å². The Balaban J connectivity index is 1.91. The van der Waals surface area contributed by atoms with Crippen molar-refractivity contribution < 1.29 is 4.79 Å². The Morgan fingerprint density at radius 1 is 1.32 bits per heavy atom. The molecule has 114 valence electrons. The minimum absolute atomic E-state index is 0.0793. The molecule has 0 radical (unpaired) electrons. The van der Waals surface area contributed by atoms with Crippen LogP contribution in [0.1, 0.15) is 16.1 Å². The topological polar surface area (TPSA) is 58.1 Å². The minimum Gasteiger partial charge on any atom is -0.380 e. The molecule has 2 heterocycles. The zero-order valence-corrected chi connectivity index (χ0v) is 12.7. The molecule has 5 heteroatoms. The molecule has 0 aliphatic carbocycles. The summed E-state index contributed by atoms with van der Waals surface area (Å²) in [7, 11) is 1.79. The van der Waals surface area contributed by atoms with Crippen LogP contribution in [0.15, 0.2) is 55.5 Å². The summed E-state index contributed by atoms with van der Waals surface area (Å²) < 4.78 is 0. The molecule has 0 bridgehead atoms. The second-order valence-electron chi connectivity index (χ2n) is 4.93. The maximum absolute atomic E-state index is 12.3. The summed E-state index contributed by atoms with van der Waals surface area (Å²) in [6, 6.07) is 7.49. The lowest BCUT2D eigenvalue weighted by Gasteiger charge is -2.16. The summed E-state index contributed by atoms with van der Waals surface area (Å²) in [4.78, 5) is 22.2. The molecule has 22 heavy (non-hydrogen) atoms. The van der Waals surface area contributed by atoms with Crippen molar-refractivity contribution in [3.63, 3.8) is 0 Å². The molecule has 1 amide bonds.